The van der Waals surface area contributed by atoms with Crippen molar-refractivity contribution in [1.29, 1.82) is 0 Å². The van der Waals surface area contributed by atoms with Gasteiger partial charge >= 0.3 is 0 Å². The Morgan fingerprint density at radius 1 is 1.04 bits per heavy atom. The second-order valence-corrected chi connectivity index (χ2v) is 6.27. The summed E-state index contributed by atoms with van der Waals surface area (Å²) in [5, 5.41) is 13.5. The maximum Gasteiger partial charge on any atom is 0.278 e. The van der Waals surface area contributed by atoms with Crippen LogP contribution in [0.5, 0.6) is 5.75 Å². The molecule has 4 aromatic rings. The van der Waals surface area contributed by atoms with Gasteiger partial charge in [0, 0.05) is 17.5 Å². The number of fused-ring (bicyclic) bond motifs is 1. The molecular formula is C22H17N3O2. The van der Waals surface area contributed by atoms with E-state index in [-0.39, 0.29) is 11.3 Å². The molecule has 5 heteroatoms. The number of H-pyrrole nitrogens is 1. The normalized spacial score (nSPS) is 10.6. The van der Waals surface area contributed by atoms with Gasteiger partial charge in [-0.1, -0.05) is 54.5 Å². The number of nitrogens with zero attached hydrogens (tertiary/aromatic N) is 2. The molecule has 4 rings (SSSR count). The van der Waals surface area contributed by atoms with Crippen molar-refractivity contribution >= 4 is 5.65 Å². The Balaban J connectivity index is 1.80. The van der Waals surface area contributed by atoms with Crippen LogP contribution in [0.4, 0.5) is 0 Å². The minimum Gasteiger partial charge on any atom is -0.507 e. The zero-order chi connectivity index (χ0) is 18.8. The lowest BCUT2D eigenvalue weighted by atomic mass is 10.0. The third-order valence-electron chi connectivity index (χ3n) is 4.41. The molecule has 2 aromatic carbocycles. The number of benzene rings is 2. The molecule has 0 aliphatic heterocycles. The van der Waals surface area contributed by atoms with Gasteiger partial charge in [-0.15, -0.1) is 0 Å². The highest BCUT2D eigenvalue weighted by Crippen LogP contribution is 2.24. The zero-order valence-electron chi connectivity index (χ0n) is 14.7. The van der Waals surface area contributed by atoms with Crippen LogP contribution in [0.2, 0.25) is 0 Å². The Kier molecular flexibility index (Phi) is 4.23. The van der Waals surface area contributed by atoms with Crippen molar-refractivity contribution in [1.82, 2.24) is 14.6 Å². The quantitative estimate of drug-likeness (QED) is 0.543. The largest absolute Gasteiger partial charge is 0.507 e. The van der Waals surface area contributed by atoms with Gasteiger partial charge in [-0.2, -0.15) is 4.52 Å². The van der Waals surface area contributed by atoms with Crippen molar-refractivity contribution in [3.05, 3.63) is 99.1 Å². The average Bonchev–Trinajstić information content (AvgIpc) is 3.14. The van der Waals surface area contributed by atoms with Gasteiger partial charge in [-0.05, 0) is 30.5 Å². The maximum absolute atomic E-state index is 12.9. The van der Waals surface area contributed by atoms with Crippen LogP contribution in [-0.2, 0) is 6.42 Å². The lowest BCUT2D eigenvalue weighted by molar-refractivity contribution is 0.463. The van der Waals surface area contributed by atoms with Crippen molar-refractivity contribution < 1.29 is 5.11 Å². The predicted molar refractivity (Wildman–Crippen MR) is 104 cm³/mol. The van der Waals surface area contributed by atoms with Gasteiger partial charge in [-0.25, -0.2) is 4.98 Å². The van der Waals surface area contributed by atoms with Gasteiger partial charge in [0.15, 0.2) is 11.5 Å². The van der Waals surface area contributed by atoms with Crippen molar-refractivity contribution in [2.75, 3.05) is 0 Å². The number of aromatic nitrogens is 3. The summed E-state index contributed by atoms with van der Waals surface area (Å²) < 4.78 is 1.35. The fraction of sp³-hybridized carbons (Fsp3) is 0.0909. The summed E-state index contributed by atoms with van der Waals surface area (Å²) in [7, 11) is 0. The second-order valence-electron chi connectivity index (χ2n) is 6.27. The molecule has 0 atom stereocenters. The second kappa shape index (κ2) is 6.85. The highest BCUT2D eigenvalue weighted by molar-refractivity contribution is 5.58. The van der Waals surface area contributed by atoms with Crippen LogP contribution in [0.25, 0.3) is 5.65 Å². The average molecular weight is 355 g/mol. The minimum absolute atomic E-state index is 0.0158. The number of rotatable bonds is 2. The summed E-state index contributed by atoms with van der Waals surface area (Å²) in [6.07, 6.45) is 0.347. The van der Waals surface area contributed by atoms with Crippen molar-refractivity contribution in [3.63, 3.8) is 0 Å². The van der Waals surface area contributed by atoms with E-state index in [1.54, 1.807) is 6.92 Å². The van der Waals surface area contributed by atoms with Gasteiger partial charge in [0.25, 0.3) is 5.56 Å². The van der Waals surface area contributed by atoms with Crippen LogP contribution in [0.15, 0.2) is 65.5 Å². The zero-order valence-corrected chi connectivity index (χ0v) is 14.7. The molecule has 0 spiro atoms. The highest BCUT2D eigenvalue weighted by Gasteiger charge is 2.17. The van der Waals surface area contributed by atoms with Crippen molar-refractivity contribution in [2.24, 2.45) is 0 Å². The Hall–Kier alpha value is -3.78. The van der Waals surface area contributed by atoms with E-state index in [0.717, 1.165) is 11.1 Å². The molecule has 2 aromatic heterocycles. The first-order chi connectivity index (χ1) is 13.1. The molecule has 2 N–H and O–H groups in total. The Bertz CT molecular complexity index is 1230. The van der Waals surface area contributed by atoms with Crippen molar-refractivity contribution in [3.8, 4) is 17.6 Å². The van der Waals surface area contributed by atoms with Gasteiger partial charge in [0.1, 0.15) is 5.75 Å². The smallest absolute Gasteiger partial charge is 0.278 e. The third kappa shape index (κ3) is 3.21. The first-order valence-electron chi connectivity index (χ1n) is 8.57. The lowest BCUT2D eigenvalue weighted by Crippen LogP contribution is -2.20. The van der Waals surface area contributed by atoms with Crippen LogP contribution < -0.4 is 5.56 Å². The number of aromatic amines is 1. The van der Waals surface area contributed by atoms with Gasteiger partial charge < -0.3 is 5.11 Å². The molecule has 0 bridgehead atoms. The standard InChI is InChI=1S/C22H17N3O2/c1-15-20(26)18(14-17-10-6-3-7-11-17)22(27)25-21(15)23-19(24-25)13-12-16-8-4-2-5-9-16/h2-11,26H,14H2,1H3,(H,23,24). The number of hydrogen-bond donors (Lipinski definition) is 2. The topological polar surface area (TPSA) is 70.4 Å². The van der Waals surface area contributed by atoms with E-state index in [2.05, 4.69) is 21.9 Å². The summed E-state index contributed by atoms with van der Waals surface area (Å²) in [6, 6.07) is 19.1. The molecule has 0 aliphatic rings. The van der Waals surface area contributed by atoms with Crippen LogP contribution >= 0.6 is 0 Å². The Labute approximate surface area is 155 Å². The monoisotopic (exact) mass is 355 g/mol. The molecule has 0 saturated heterocycles. The van der Waals surface area contributed by atoms with E-state index in [1.165, 1.54) is 4.52 Å². The number of nitrogens with one attached hydrogen (secondary N) is 1. The molecule has 0 saturated carbocycles. The van der Waals surface area contributed by atoms with E-state index in [9.17, 15) is 9.90 Å². The summed E-state index contributed by atoms with van der Waals surface area (Å²) >= 11 is 0. The molecule has 0 amide bonds. The third-order valence-corrected chi connectivity index (χ3v) is 4.41. The molecular weight excluding hydrogens is 338 g/mol. The van der Waals surface area contributed by atoms with Gasteiger partial charge in [-0.3, -0.25) is 9.89 Å². The number of aromatic hydroxyl groups is 1. The summed E-state index contributed by atoms with van der Waals surface area (Å²) in [5.41, 5.74) is 2.75. The fourth-order valence-electron chi connectivity index (χ4n) is 2.97. The van der Waals surface area contributed by atoms with Crippen LogP contribution in [0.3, 0.4) is 0 Å². The summed E-state index contributed by atoms with van der Waals surface area (Å²) in [4.78, 5) is 17.2. The van der Waals surface area contributed by atoms with E-state index in [1.807, 2.05) is 60.7 Å². The maximum atomic E-state index is 12.9. The molecule has 0 fully saturated rings. The first kappa shape index (κ1) is 16.7. The van der Waals surface area contributed by atoms with E-state index in [4.69, 9.17) is 0 Å². The van der Waals surface area contributed by atoms with Gasteiger partial charge in [0.05, 0.1) is 5.56 Å². The van der Waals surface area contributed by atoms with Crippen LogP contribution in [0, 0.1) is 18.8 Å². The predicted octanol–water partition coefficient (Wildman–Crippen LogP) is 3.03. The molecule has 132 valence electrons. The van der Waals surface area contributed by atoms with Crippen LogP contribution in [-0.4, -0.2) is 19.7 Å². The molecule has 0 unspecified atom stereocenters. The van der Waals surface area contributed by atoms with Crippen molar-refractivity contribution in [2.45, 2.75) is 13.3 Å². The number of pyridine rings is 1. The van der Waals surface area contributed by atoms with E-state index in [0.29, 0.717) is 29.0 Å². The van der Waals surface area contributed by atoms with E-state index >= 15 is 0 Å². The molecule has 27 heavy (non-hydrogen) atoms. The minimum atomic E-state index is -0.322. The Morgan fingerprint density at radius 2 is 1.70 bits per heavy atom. The molecule has 5 nitrogen and oxygen atoms in total. The SMILES string of the molecule is Cc1c(O)c(Cc2ccccc2)c(=O)n2[nH]c(C#Cc3ccccc3)nc12. The Morgan fingerprint density at radius 3 is 2.41 bits per heavy atom. The van der Waals surface area contributed by atoms with E-state index < -0.39 is 0 Å². The lowest BCUT2D eigenvalue weighted by Gasteiger charge is -2.07. The fourth-order valence-corrected chi connectivity index (χ4v) is 2.97. The summed E-state index contributed by atoms with van der Waals surface area (Å²) in [5.74, 6) is 6.30. The van der Waals surface area contributed by atoms with Gasteiger partial charge in [0.2, 0.25) is 0 Å². The number of hydrogen-bond acceptors (Lipinski definition) is 3. The highest BCUT2D eigenvalue weighted by atomic mass is 16.3. The molecule has 2 heterocycles. The molecule has 0 aliphatic carbocycles. The summed E-state index contributed by atoms with van der Waals surface area (Å²) in [6.45, 7) is 1.74. The van der Waals surface area contributed by atoms with Crippen LogP contribution in [0.1, 0.15) is 28.1 Å². The number of aryl methyl sites for hydroxylation is 1. The molecule has 0 radical (unpaired) electrons. The first-order valence-corrected chi connectivity index (χ1v) is 8.57.